The second-order valence-electron chi connectivity index (χ2n) is 5.67. The maximum absolute atomic E-state index is 12.9. The molecule has 0 aliphatic rings. The topological polar surface area (TPSA) is 52.8 Å². The first kappa shape index (κ1) is 19.4. The summed E-state index contributed by atoms with van der Waals surface area (Å²) in [5, 5.41) is 9.07. The molecule has 3 rings (SSSR count). The number of aromatic nitrogens is 4. The van der Waals surface area contributed by atoms with E-state index in [1.165, 1.54) is 17.8 Å². The van der Waals surface area contributed by atoms with Crippen LogP contribution in [0.4, 0.5) is 13.2 Å². The predicted molar refractivity (Wildman–Crippen MR) is 96.1 cm³/mol. The van der Waals surface area contributed by atoms with Gasteiger partial charge >= 0.3 is 6.18 Å². The zero-order valence-electron chi connectivity index (χ0n) is 14.5. The summed E-state index contributed by atoms with van der Waals surface area (Å²) in [6.45, 7) is 0.999. The Morgan fingerprint density at radius 3 is 2.59 bits per heavy atom. The molecule has 3 aromatic rings. The molecule has 0 N–H and O–H groups in total. The molecule has 9 heteroatoms. The van der Waals surface area contributed by atoms with Crippen molar-refractivity contribution >= 4 is 11.8 Å². The first-order chi connectivity index (χ1) is 13.0. The van der Waals surface area contributed by atoms with E-state index in [4.69, 9.17) is 4.74 Å². The zero-order valence-corrected chi connectivity index (χ0v) is 15.3. The van der Waals surface area contributed by atoms with Crippen LogP contribution < -0.4 is 0 Å². The molecular weight excluding hydrogens is 377 g/mol. The molecule has 0 spiro atoms. The summed E-state index contributed by atoms with van der Waals surface area (Å²) in [6, 6.07) is 8.96. The number of hydrogen-bond donors (Lipinski definition) is 0. The molecule has 0 saturated carbocycles. The van der Waals surface area contributed by atoms with Gasteiger partial charge in [-0.1, -0.05) is 30.0 Å². The Labute approximate surface area is 158 Å². The van der Waals surface area contributed by atoms with E-state index >= 15 is 0 Å². The van der Waals surface area contributed by atoms with Crippen molar-refractivity contribution in [3.63, 3.8) is 0 Å². The number of nitrogens with zero attached hydrogens (tertiary/aromatic N) is 4. The molecule has 0 unspecified atom stereocenters. The van der Waals surface area contributed by atoms with Crippen LogP contribution in [-0.2, 0) is 23.2 Å². The molecule has 0 radical (unpaired) electrons. The Morgan fingerprint density at radius 2 is 1.89 bits per heavy atom. The standard InChI is InChI=1S/C18H17F3N4OS/c1-26-10-9-25-16(14-5-7-22-8-6-14)23-24-17(25)27-12-13-3-2-4-15(11-13)18(19,20)21/h2-8,11H,9-10,12H2,1H3. The number of rotatable bonds is 7. The summed E-state index contributed by atoms with van der Waals surface area (Å²) in [6.07, 6.45) is -1.02. The lowest BCUT2D eigenvalue weighted by atomic mass is 10.1. The highest BCUT2D eigenvalue weighted by Crippen LogP contribution is 2.31. The molecule has 0 atom stereocenters. The number of halogens is 3. The largest absolute Gasteiger partial charge is 0.416 e. The van der Waals surface area contributed by atoms with Crippen molar-refractivity contribution in [2.45, 2.75) is 23.6 Å². The van der Waals surface area contributed by atoms with Crippen molar-refractivity contribution < 1.29 is 17.9 Å². The summed E-state index contributed by atoms with van der Waals surface area (Å²) in [5.41, 5.74) is 0.778. The molecule has 0 amide bonds. The quantitative estimate of drug-likeness (QED) is 0.560. The second-order valence-corrected chi connectivity index (χ2v) is 6.62. The van der Waals surface area contributed by atoms with Crippen LogP contribution in [0.1, 0.15) is 11.1 Å². The van der Waals surface area contributed by atoms with Crippen molar-refractivity contribution in [2.75, 3.05) is 13.7 Å². The third kappa shape index (κ3) is 4.86. The fourth-order valence-electron chi connectivity index (χ4n) is 2.48. The Hall–Kier alpha value is -2.39. The molecule has 0 saturated heterocycles. The van der Waals surface area contributed by atoms with Crippen LogP contribution >= 0.6 is 11.8 Å². The molecule has 27 heavy (non-hydrogen) atoms. The van der Waals surface area contributed by atoms with Crippen LogP contribution in [0, 0.1) is 0 Å². The minimum absolute atomic E-state index is 0.353. The number of thioether (sulfide) groups is 1. The van der Waals surface area contributed by atoms with Crippen molar-refractivity contribution in [1.82, 2.24) is 19.7 Å². The van der Waals surface area contributed by atoms with Crippen molar-refractivity contribution in [1.29, 1.82) is 0 Å². The van der Waals surface area contributed by atoms with Crippen LogP contribution in [0.15, 0.2) is 53.9 Å². The molecule has 2 heterocycles. The highest BCUT2D eigenvalue weighted by molar-refractivity contribution is 7.98. The van der Waals surface area contributed by atoms with E-state index in [-0.39, 0.29) is 0 Å². The molecule has 1 aromatic carbocycles. The highest BCUT2D eigenvalue weighted by Gasteiger charge is 2.30. The van der Waals surface area contributed by atoms with Crippen LogP contribution in [0.2, 0.25) is 0 Å². The van der Waals surface area contributed by atoms with E-state index in [2.05, 4.69) is 15.2 Å². The van der Waals surface area contributed by atoms with Crippen LogP contribution in [-0.4, -0.2) is 33.5 Å². The van der Waals surface area contributed by atoms with Crippen LogP contribution in [0.25, 0.3) is 11.4 Å². The molecule has 142 valence electrons. The number of alkyl halides is 3. The van der Waals surface area contributed by atoms with Gasteiger partial charge in [-0.3, -0.25) is 9.55 Å². The van der Waals surface area contributed by atoms with E-state index in [9.17, 15) is 13.2 Å². The summed E-state index contributed by atoms with van der Waals surface area (Å²) in [5.74, 6) is 1.02. The van der Waals surface area contributed by atoms with E-state index in [0.29, 0.717) is 35.4 Å². The third-order valence-electron chi connectivity index (χ3n) is 3.80. The summed E-state index contributed by atoms with van der Waals surface area (Å²) in [4.78, 5) is 3.99. The van der Waals surface area contributed by atoms with Gasteiger partial charge in [0.1, 0.15) is 0 Å². The van der Waals surface area contributed by atoms with Gasteiger partial charge in [0.2, 0.25) is 0 Å². The fourth-order valence-corrected chi connectivity index (χ4v) is 3.39. The van der Waals surface area contributed by atoms with Crippen molar-refractivity contribution in [3.8, 4) is 11.4 Å². The van der Waals surface area contributed by atoms with E-state index in [1.54, 1.807) is 25.6 Å². The van der Waals surface area contributed by atoms with Gasteiger partial charge in [0.05, 0.1) is 18.7 Å². The van der Waals surface area contributed by atoms with Crippen molar-refractivity contribution in [3.05, 3.63) is 59.9 Å². The Morgan fingerprint density at radius 1 is 1.11 bits per heavy atom. The lowest BCUT2D eigenvalue weighted by Gasteiger charge is -2.10. The molecule has 0 aliphatic heterocycles. The van der Waals surface area contributed by atoms with E-state index < -0.39 is 11.7 Å². The summed E-state index contributed by atoms with van der Waals surface area (Å²) >= 11 is 1.34. The summed E-state index contributed by atoms with van der Waals surface area (Å²) < 4.78 is 45.7. The normalized spacial score (nSPS) is 11.7. The maximum atomic E-state index is 12.9. The van der Waals surface area contributed by atoms with Gasteiger partial charge in [-0.25, -0.2) is 0 Å². The second kappa shape index (κ2) is 8.53. The van der Waals surface area contributed by atoms with E-state index in [0.717, 1.165) is 17.7 Å². The number of methoxy groups -OCH3 is 1. The Balaban J connectivity index is 1.82. The Kier molecular flexibility index (Phi) is 6.12. The average molecular weight is 394 g/mol. The minimum Gasteiger partial charge on any atom is -0.383 e. The number of pyridine rings is 1. The maximum Gasteiger partial charge on any atom is 0.416 e. The lowest BCUT2D eigenvalue weighted by molar-refractivity contribution is -0.137. The van der Waals surface area contributed by atoms with Gasteiger partial charge in [-0.15, -0.1) is 10.2 Å². The number of ether oxygens (including phenoxy) is 1. The van der Waals surface area contributed by atoms with Gasteiger partial charge < -0.3 is 4.74 Å². The average Bonchev–Trinajstić information content (AvgIpc) is 3.07. The van der Waals surface area contributed by atoms with Crippen LogP contribution in [0.5, 0.6) is 0 Å². The predicted octanol–water partition coefficient (Wildman–Crippen LogP) is 4.30. The molecule has 0 aliphatic carbocycles. The van der Waals surface area contributed by atoms with Gasteiger partial charge in [0.15, 0.2) is 11.0 Å². The minimum atomic E-state index is -4.35. The molecule has 0 fully saturated rings. The van der Waals surface area contributed by atoms with Gasteiger partial charge in [0.25, 0.3) is 0 Å². The van der Waals surface area contributed by atoms with Gasteiger partial charge in [0, 0.05) is 30.8 Å². The third-order valence-corrected chi connectivity index (χ3v) is 4.83. The molecular formula is C18H17F3N4OS. The van der Waals surface area contributed by atoms with Crippen LogP contribution in [0.3, 0.4) is 0 Å². The Bertz CT molecular complexity index is 884. The monoisotopic (exact) mass is 394 g/mol. The molecule has 0 bridgehead atoms. The smallest absolute Gasteiger partial charge is 0.383 e. The van der Waals surface area contributed by atoms with Crippen molar-refractivity contribution in [2.24, 2.45) is 0 Å². The van der Waals surface area contributed by atoms with Gasteiger partial charge in [-0.05, 0) is 23.8 Å². The van der Waals surface area contributed by atoms with E-state index in [1.807, 2.05) is 16.7 Å². The number of benzene rings is 1. The SMILES string of the molecule is COCCn1c(SCc2cccc(C(F)(F)F)c2)nnc1-c1ccncc1. The lowest BCUT2D eigenvalue weighted by Crippen LogP contribution is -2.08. The number of hydrogen-bond acceptors (Lipinski definition) is 5. The van der Waals surface area contributed by atoms with Gasteiger partial charge in [-0.2, -0.15) is 13.2 Å². The first-order valence-electron chi connectivity index (χ1n) is 8.10. The summed E-state index contributed by atoms with van der Waals surface area (Å²) in [7, 11) is 1.60. The zero-order chi connectivity index (χ0) is 19.3. The highest BCUT2D eigenvalue weighted by atomic mass is 32.2. The molecule has 2 aromatic heterocycles. The molecule has 5 nitrogen and oxygen atoms in total. The fraction of sp³-hybridized carbons (Fsp3) is 0.278. The first-order valence-corrected chi connectivity index (χ1v) is 9.09.